The highest BCUT2D eigenvalue weighted by Gasteiger charge is 2.08. The van der Waals surface area contributed by atoms with Crippen LogP contribution in [0.15, 0.2) is 30.5 Å². The van der Waals surface area contributed by atoms with Crippen molar-refractivity contribution in [2.24, 2.45) is 0 Å². The van der Waals surface area contributed by atoms with Crippen LogP contribution in [0.5, 0.6) is 0 Å². The van der Waals surface area contributed by atoms with E-state index >= 15 is 0 Å². The molecule has 0 aliphatic rings. The summed E-state index contributed by atoms with van der Waals surface area (Å²) >= 11 is 0. The number of carboxylic acids is 1. The van der Waals surface area contributed by atoms with Crippen LogP contribution >= 0.6 is 0 Å². The number of hydrogen-bond acceptors (Lipinski definition) is 2. The van der Waals surface area contributed by atoms with E-state index < -0.39 is 5.97 Å². The van der Waals surface area contributed by atoms with Gasteiger partial charge in [0.25, 0.3) is 0 Å². The number of carboxylic acid groups (broad SMARTS) is 1. The molecule has 0 bridgehead atoms. The zero-order chi connectivity index (χ0) is 12.4. The average molecular weight is 230 g/mol. The number of nitrogens with one attached hydrogen (secondary N) is 1. The first-order valence-electron chi connectivity index (χ1n) is 5.46. The van der Waals surface area contributed by atoms with Crippen LogP contribution in [-0.4, -0.2) is 21.0 Å². The van der Waals surface area contributed by atoms with E-state index in [2.05, 4.69) is 23.8 Å². The number of aromatic nitrogens is 2. The summed E-state index contributed by atoms with van der Waals surface area (Å²) in [5.74, 6) is 0.308. The van der Waals surface area contributed by atoms with E-state index in [1.807, 2.05) is 6.07 Å². The van der Waals surface area contributed by atoms with Gasteiger partial charge in [0, 0.05) is 11.5 Å². The van der Waals surface area contributed by atoms with Crippen LogP contribution < -0.4 is 0 Å². The summed E-state index contributed by atoms with van der Waals surface area (Å²) in [6.45, 7) is 4.10. The minimum absolute atomic E-state index is 0.281. The number of nitrogens with zero attached hydrogens (tertiary/aromatic N) is 1. The Kier molecular flexibility index (Phi) is 2.95. The van der Waals surface area contributed by atoms with Gasteiger partial charge in [-0.15, -0.1) is 0 Å². The van der Waals surface area contributed by atoms with Crippen molar-refractivity contribution >= 4 is 5.97 Å². The summed E-state index contributed by atoms with van der Waals surface area (Å²) in [4.78, 5) is 18.3. The first-order valence-corrected chi connectivity index (χ1v) is 5.46. The predicted molar refractivity (Wildman–Crippen MR) is 65.1 cm³/mol. The van der Waals surface area contributed by atoms with Crippen molar-refractivity contribution < 1.29 is 9.90 Å². The monoisotopic (exact) mass is 230 g/mol. The molecule has 1 aromatic carbocycles. The number of aromatic amines is 1. The Labute approximate surface area is 99.3 Å². The first kappa shape index (κ1) is 11.4. The molecular formula is C13H14N2O2. The van der Waals surface area contributed by atoms with Gasteiger partial charge in [0.15, 0.2) is 0 Å². The second kappa shape index (κ2) is 4.41. The summed E-state index contributed by atoms with van der Waals surface area (Å²) in [6.07, 6.45) is 1.73. The lowest BCUT2D eigenvalue weighted by Crippen LogP contribution is -1.95. The molecule has 0 spiro atoms. The second-order valence-electron chi connectivity index (χ2n) is 4.22. The van der Waals surface area contributed by atoms with Crippen molar-refractivity contribution in [3.63, 3.8) is 0 Å². The topological polar surface area (TPSA) is 66.0 Å². The predicted octanol–water partition coefficient (Wildman–Crippen LogP) is 2.90. The Morgan fingerprint density at radius 3 is 2.76 bits per heavy atom. The Hall–Kier alpha value is -2.10. The molecule has 1 heterocycles. The van der Waals surface area contributed by atoms with Crippen LogP contribution in [0.3, 0.4) is 0 Å². The molecule has 2 rings (SSSR count). The molecule has 17 heavy (non-hydrogen) atoms. The summed E-state index contributed by atoms with van der Waals surface area (Å²) in [5, 5.41) is 8.92. The molecule has 0 atom stereocenters. The Morgan fingerprint density at radius 1 is 1.41 bits per heavy atom. The van der Waals surface area contributed by atoms with Gasteiger partial charge in [-0.2, -0.15) is 0 Å². The summed E-state index contributed by atoms with van der Waals surface area (Å²) in [7, 11) is 0. The third-order valence-corrected chi connectivity index (χ3v) is 2.56. The second-order valence-corrected chi connectivity index (χ2v) is 4.22. The molecule has 88 valence electrons. The molecule has 0 saturated carbocycles. The van der Waals surface area contributed by atoms with E-state index in [0.717, 1.165) is 17.1 Å². The molecule has 0 aliphatic carbocycles. The van der Waals surface area contributed by atoms with E-state index in [9.17, 15) is 4.79 Å². The van der Waals surface area contributed by atoms with E-state index in [1.165, 1.54) is 0 Å². The van der Waals surface area contributed by atoms with E-state index in [4.69, 9.17) is 5.11 Å². The van der Waals surface area contributed by atoms with Crippen LogP contribution in [0.4, 0.5) is 0 Å². The van der Waals surface area contributed by atoms with Crippen molar-refractivity contribution in [3.05, 3.63) is 41.9 Å². The summed E-state index contributed by atoms with van der Waals surface area (Å²) < 4.78 is 0. The van der Waals surface area contributed by atoms with E-state index in [1.54, 1.807) is 24.4 Å². The molecule has 2 aromatic rings. The number of carbonyl (C=O) groups is 1. The Morgan fingerprint density at radius 2 is 2.18 bits per heavy atom. The van der Waals surface area contributed by atoms with Crippen LogP contribution in [0.2, 0.25) is 0 Å². The van der Waals surface area contributed by atoms with Gasteiger partial charge in [0.2, 0.25) is 0 Å². The molecule has 4 nitrogen and oxygen atoms in total. The maximum absolute atomic E-state index is 10.9. The van der Waals surface area contributed by atoms with Crippen LogP contribution in [0, 0.1) is 0 Å². The molecular weight excluding hydrogens is 216 g/mol. The van der Waals surface area contributed by atoms with Gasteiger partial charge in [0.05, 0.1) is 17.5 Å². The van der Waals surface area contributed by atoms with Crippen molar-refractivity contribution in [3.8, 4) is 11.3 Å². The minimum Gasteiger partial charge on any atom is -0.478 e. The van der Waals surface area contributed by atoms with Gasteiger partial charge < -0.3 is 10.1 Å². The van der Waals surface area contributed by atoms with E-state index in [-0.39, 0.29) is 5.56 Å². The number of imidazole rings is 1. The fourth-order valence-electron chi connectivity index (χ4n) is 1.60. The number of benzene rings is 1. The number of hydrogen-bond donors (Lipinski definition) is 2. The van der Waals surface area contributed by atoms with Gasteiger partial charge in [-0.3, -0.25) is 0 Å². The molecule has 2 N–H and O–H groups in total. The lowest BCUT2D eigenvalue weighted by Gasteiger charge is -2.01. The summed E-state index contributed by atoms with van der Waals surface area (Å²) in [5.41, 5.74) is 1.96. The molecule has 0 aliphatic heterocycles. The van der Waals surface area contributed by atoms with Crippen molar-refractivity contribution in [1.29, 1.82) is 0 Å². The number of aromatic carboxylic acids is 1. The fourth-order valence-corrected chi connectivity index (χ4v) is 1.60. The molecule has 4 heteroatoms. The van der Waals surface area contributed by atoms with Crippen molar-refractivity contribution in [2.45, 2.75) is 19.8 Å². The van der Waals surface area contributed by atoms with Crippen LogP contribution in [-0.2, 0) is 0 Å². The first-order chi connectivity index (χ1) is 8.08. The minimum atomic E-state index is -0.921. The molecule has 1 aromatic heterocycles. The van der Waals surface area contributed by atoms with Crippen molar-refractivity contribution in [2.75, 3.05) is 0 Å². The lowest BCUT2D eigenvalue weighted by molar-refractivity contribution is 0.0697. The molecule has 0 saturated heterocycles. The largest absolute Gasteiger partial charge is 0.478 e. The van der Waals surface area contributed by atoms with Gasteiger partial charge in [-0.05, 0) is 12.1 Å². The maximum atomic E-state index is 10.9. The van der Waals surface area contributed by atoms with Crippen molar-refractivity contribution in [1.82, 2.24) is 9.97 Å². The zero-order valence-corrected chi connectivity index (χ0v) is 9.77. The normalized spacial score (nSPS) is 10.8. The fraction of sp³-hybridized carbons (Fsp3) is 0.231. The lowest BCUT2D eigenvalue weighted by atomic mass is 10.1. The molecule has 0 amide bonds. The third-order valence-electron chi connectivity index (χ3n) is 2.56. The number of H-pyrrole nitrogens is 1. The SMILES string of the molecule is CC(C)c1ncc(-c2cccc(C(=O)O)c2)[nH]1. The van der Waals surface area contributed by atoms with Gasteiger partial charge in [0.1, 0.15) is 5.82 Å². The Balaban J connectivity index is 2.38. The van der Waals surface area contributed by atoms with Crippen LogP contribution in [0.25, 0.3) is 11.3 Å². The third kappa shape index (κ3) is 2.36. The standard InChI is InChI=1S/C13H14N2O2/c1-8(2)12-14-7-11(15-12)9-4-3-5-10(6-9)13(16)17/h3-8H,1-2H3,(H,14,15)(H,16,17). The maximum Gasteiger partial charge on any atom is 0.335 e. The average Bonchev–Trinajstić information content (AvgIpc) is 2.78. The summed E-state index contributed by atoms with van der Waals surface area (Å²) in [6, 6.07) is 6.81. The highest BCUT2D eigenvalue weighted by atomic mass is 16.4. The molecule has 0 fully saturated rings. The molecule has 0 unspecified atom stereocenters. The molecule has 0 radical (unpaired) electrons. The quantitative estimate of drug-likeness (QED) is 0.852. The van der Waals surface area contributed by atoms with Crippen LogP contribution in [0.1, 0.15) is 35.9 Å². The highest BCUT2D eigenvalue weighted by Crippen LogP contribution is 2.20. The van der Waals surface area contributed by atoms with Gasteiger partial charge in [-0.25, -0.2) is 9.78 Å². The Bertz CT molecular complexity index is 544. The highest BCUT2D eigenvalue weighted by molar-refractivity contribution is 5.89. The van der Waals surface area contributed by atoms with E-state index in [0.29, 0.717) is 5.92 Å². The van der Waals surface area contributed by atoms with Gasteiger partial charge in [-0.1, -0.05) is 26.0 Å². The smallest absolute Gasteiger partial charge is 0.335 e. The zero-order valence-electron chi connectivity index (χ0n) is 9.77. The number of rotatable bonds is 3. The van der Waals surface area contributed by atoms with Gasteiger partial charge >= 0.3 is 5.97 Å².